The third-order valence-electron chi connectivity index (χ3n) is 3.25. The van der Waals surface area contributed by atoms with Crippen LogP contribution in [0.1, 0.15) is 45.5 Å². The molecule has 0 aliphatic rings. The van der Waals surface area contributed by atoms with E-state index in [1.54, 1.807) is 0 Å². The maximum atomic E-state index is 4.59. The second-order valence-electron chi connectivity index (χ2n) is 5.17. The van der Waals surface area contributed by atoms with Crippen molar-refractivity contribution in [1.29, 1.82) is 0 Å². The summed E-state index contributed by atoms with van der Waals surface area (Å²) in [4.78, 5) is 11.1. The smallest absolute Gasteiger partial charge is 0.136 e. The second kappa shape index (κ2) is 6.69. The van der Waals surface area contributed by atoms with E-state index in [-0.39, 0.29) is 0 Å². The van der Waals surface area contributed by atoms with Gasteiger partial charge in [-0.05, 0) is 20.3 Å². The van der Waals surface area contributed by atoms with Crippen LogP contribution >= 0.6 is 0 Å². The van der Waals surface area contributed by atoms with E-state index in [1.165, 1.54) is 0 Å². The summed E-state index contributed by atoms with van der Waals surface area (Å²) in [7, 11) is 2.11. The number of aromatic nitrogens is 2. The van der Waals surface area contributed by atoms with Crippen molar-refractivity contribution in [1.82, 2.24) is 15.3 Å². The van der Waals surface area contributed by atoms with Crippen molar-refractivity contribution in [3.05, 3.63) is 17.6 Å². The molecule has 0 radical (unpaired) electrons. The monoisotopic (exact) mass is 250 g/mol. The van der Waals surface area contributed by atoms with Gasteiger partial charge in [-0.3, -0.25) is 0 Å². The lowest BCUT2D eigenvalue weighted by molar-refractivity contribution is 0.581. The summed E-state index contributed by atoms with van der Waals surface area (Å²) < 4.78 is 0. The first kappa shape index (κ1) is 14.9. The summed E-state index contributed by atoms with van der Waals surface area (Å²) in [5.74, 6) is 1.87. The van der Waals surface area contributed by atoms with Gasteiger partial charge >= 0.3 is 0 Å². The molecule has 1 aromatic rings. The molecule has 4 nitrogen and oxygen atoms in total. The van der Waals surface area contributed by atoms with E-state index < -0.39 is 0 Å². The van der Waals surface area contributed by atoms with Crippen molar-refractivity contribution in [3.8, 4) is 0 Å². The van der Waals surface area contributed by atoms with Crippen LogP contribution in [0.25, 0.3) is 0 Å². The van der Waals surface area contributed by atoms with Crippen molar-refractivity contribution >= 4 is 5.82 Å². The lowest BCUT2D eigenvalue weighted by atomic mass is 10.2. The van der Waals surface area contributed by atoms with Gasteiger partial charge in [0.05, 0.1) is 0 Å². The Bertz CT molecular complexity index is 376. The van der Waals surface area contributed by atoms with Crippen molar-refractivity contribution in [2.45, 2.75) is 59.7 Å². The third-order valence-corrected chi connectivity index (χ3v) is 3.25. The van der Waals surface area contributed by atoms with Gasteiger partial charge in [0.25, 0.3) is 0 Å². The Morgan fingerprint density at radius 1 is 1.33 bits per heavy atom. The SMILES string of the molecule is CCC(C)N(C)c1nc(C)ncc1CNC(C)C. The maximum absolute atomic E-state index is 4.59. The van der Waals surface area contributed by atoms with Crippen molar-refractivity contribution in [3.63, 3.8) is 0 Å². The molecule has 0 bridgehead atoms. The zero-order chi connectivity index (χ0) is 13.7. The number of hydrogen-bond donors (Lipinski definition) is 1. The first-order chi connectivity index (χ1) is 8.45. The molecule has 18 heavy (non-hydrogen) atoms. The van der Waals surface area contributed by atoms with Crippen molar-refractivity contribution < 1.29 is 0 Å². The zero-order valence-corrected chi connectivity index (χ0v) is 12.5. The number of anilines is 1. The standard InChI is InChI=1S/C14H26N4/c1-7-11(4)18(6)14-13(8-15-10(2)3)9-16-12(5)17-14/h9-11,15H,7-8H2,1-6H3. The van der Waals surface area contributed by atoms with Crippen LogP contribution in [0.3, 0.4) is 0 Å². The van der Waals surface area contributed by atoms with Gasteiger partial charge in [0.15, 0.2) is 0 Å². The first-order valence-electron chi connectivity index (χ1n) is 6.74. The minimum absolute atomic E-state index is 0.466. The van der Waals surface area contributed by atoms with E-state index in [1.807, 2.05) is 13.1 Å². The van der Waals surface area contributed by atoms with Crippen LogP contribution in [0.15, 0.2) is 6.20 Å². The highest BCUT2D eigenvalue weighted by atomic mass is 15.2. The predicted molar refractivity (Wildman–Crippen MR) is 76.9 cm³/mol. The quantitative estimate of drug-likeness (QED) is 0.842. The minimum atomic E-state index is 0.466. The third kappa shape index (κ3) is 3.95. The van der Waals surface area contributed by atoms with Gasteiger partial charge in [0, 0.05) is 37.4 Å². The average molecular weight is 250 g/mol. The molecule has 0 fully saturated rings. The summed E-state index contributed by atoms with van der Waals surface area (Å²) >= 11 is 0. The molecule has 0 amide bonds. The largest absolute Gasteiger partial charge is 0.357 e. The molecule has 0 saturated carbocycles. The molecule has 1 rings (SSSR count). The van der Waals surface area contributed by atoms with Crippen LogP contribution in [0.2, 0.25) is 0 Å². The average Bonchev–Trinajstić information content (AvgIpc) is 2.35. The predicted octanol–water partition coefficient (Wildman–Crippen LogP) is 2.52. The topological polar surface area (TPSA) is 41.1 Å². The summed E-state index contributed by atoms with van der Waals surface area (Å²) in [6.07, 6.45) is 3.04. The Hall–Kier alpha value is -1.16. The molecule has 1 heterocycles. The Kier molecular flexibility index (Phi) is 5.54. The fourth-order valence-corrected chi connectivity index (χ4v) is 1.71. The number of nitrogens with one attached hydrogen (secondary N) is 1. The molecule has 1 atom stereocenters. The molecule has 1 unspecified atom stereocenters. The minimum Gasteiger partial charge on any atom is -0.357 e. The molecule has 1 N–H and O–H groups in total. The summed E-state index contributed by atoms with van der Waals surface area (Å²) in [5, 5.41) is 3.43. The first-order valence-corrected chi connectivity index (χ1v) is 6.74. The number of hydrogen-bond acceptors (Lipinski definition) is 4. The second-order valence-corrected chi connectivity index (χ2v) is 5.17. The molecule has 0 spiro atoms. The molecule has 0 aliphatic carbocycles. The Morgan fingerprint density at radius 3 is 2.56 bits per heavy atom. The molecule has 102 valence electrons. The fraction of sp³-hybridized carbons (Fsp3) is 0.714. The van der Waals surface area contributed by atoms with Gasteiger partial charge in [0.2, 0.25) is 0 Å². The van der Waals surface area contributed by atoms with Crippen LogP contribution in [-0.4, -0.2) is 29.1 Å². The van der Waals surface area contributed by atoms with Crippen LogP contribution < -0.4 is 10.2 Å². The highest BCUT2D eigenvalue weighted by Crippen LogP contribution is 2.19. The van der Waals surface area contributed by atoms with E-state index >= 15 is 0 Å². The highest BCUT2D eigenvalue weighted by molar-refractivity contribution is 5.46. The van der Waals surface area contributed by atoms with E-state index in [9.17, 15) is 0 Å². The Morgan fingerprint density at radius 2 is 2.00 bits per heavy atom. The van der Waals surface area contributed by atoms with E-state index in [0.717, 1.165) is 30.2 Å². The van der Waals surface area contributed by atoms with Gasteiger partial charge in [-0.2, -0.15) is 0 Å². The van der Waals surface area contributed by atoms with E-state index in [4.69, 9.17) is 0 Å². The van der Waals surface area contributed by atoms with Gasteiger partial charge in [0.1, 0.15) is 11.6 Å². The lowest BCUT2D eigenvalue weighted by Crippen LogP contribution is -2.31. The number of aryl methyl sites for hydroxylation is 1. The Labute approximate surface area is 111 Å². The molecule has 0 saturated heterocycles. The normalized spacial score (nSPS) is 12.8. The molecular weight excluding hydrogens is 224 g/mol. The summed E-state index contributed by atoms with van der Waals surface area (Å²) in [6, 6.07) is 0.949. The fourth-order valence-electron chi connectivity index (χ4n) is 1.71. The van der Waals surface area contributed by atoms with Gasteiger partial charge in [-0.1, -0.05) is 20.8 Å². The van der Waals surface area contributed by atoms with E-state index in [0.29, 0.717) is 12.1 Å². The molecular formula is C14H26N4. The summed E-state index contributed by atoms with van der Waals surface area (Å²) in [6.45, 7) is 11.5. The molecule has 4 heteroatoms. The van der Waals surface area contributed by atoms with Gasteiger partial charge in [-0.15, -0.1) is 0 Å². The maximum Gasteiger partial charge on any atom is 0.136 e. The van der Waals surface area contributed by atoms with Crippen LogP contribution in [0.4, 0.5) is 5.82 Å². The van der Waals surface area contributed by atoms with Crippen LogP contribution in [0.5, 0.6) is 0 Å². The Balaban J connectivity index is 2.95. The molecule has 0 aliphatic heterocycles. The van der Waals surface area contributed by atoms with Crippen LogP contribution in [-0.2, 0) is 6.54 Å². The summed E-state index contributed by atoms with van der Waals surface area (Å²) in [5.41, 5.74) is 1.16. The highest BCUT2D eigenvalue weighted by Gasteiger charge is 2.14. The molecule has 1 aromatic heterocycles. The number of nitrogens with zero attached hydrogens (tertiary/aromatic N) is 3. The van der Waals surface area contributed by atoms with Crippen molar-refractivity contribution in [2.75, 3.05) is 11.9 Å². The van der Waals surface area contributed by atoms with Gasteiger partial charge < -0.3 is 10.2 Å². The van der Waals surface area contributed by atoms with Gasteiger partial charge in [-0.25, -0.2) is 9.97 Å². The lowest BCUT2D eigenvalue weighted by Gasteiger charge is -2.27. The zero-order valence-electron chi connectivity index (χ0n) is 12.5. The van der Waals surface area contributed by atoms with Crippen molar-refractivity contribution in [2.24, 2.45) is 0 Å². The van der Waals surface area contributed by atoms with Crippen LogP contribution in [0, 0.1) is 6.92 Å². The molecule has 0 aromatic carbocycles. The van der Waals surface area contributed by atoms with E-state index in [2.05, 4.69) is 54.9 Å². The number of rotatable bonds is 6.